The highest BCUT2D eigenvalue weighted by Crippen LogP contribution is 2.26. The van der Waals surface area contributed by atoms with Crippen molar-refractivity contribution in [2.75, 3.05) is 0 Å². The first-order valence-corrected chi connectivity index (χ1v) is 6.59. The lowest BCUT2D eigenvalue weighted by Gasteiger charge is -2.08. The molecule has 94 valence electrons. The van der Waals surface area contributed by atoms with Crippen molar-refractivity contribution in [1.29, 1.82) is 0 Å². The Morgan fingerprint density at radius 2 is 1.72 bits per heavy atom. The summed E-state index contributed by atoms with van der Waals surface area (Å²) in [6.45, 7) is 4.03. The number of aryl methyl sites for hydroxylation is 1. The Morgan fingerprint density at radius 3 is 2.28 bits per heavy atom. The average Bonchev–Trinajstić information content (AvgIpc) is 2.38. The van der Waals surface area contributed by atoms with Crippen LogP contribution in [0.15, 0.2) is 18.3 Å². The molecule has 0 radical (unpaired) electrons. The van der Waals surface area contributed by atoms with Crippen molar-refractivity contribution in [3.05, 3.63) is 39.8 Å². The van der Waals surface area contributed by atoms with E-state index < -0.39 is 0 Å². The highest BCUT2D eigenvalue weighted by molar-refractivity contribution is 6.34. The lowest BCUT2D eigenvalue weighted by Crippen LogP contribution is -2.00. The molecule has 5 heteroatoms. The Bertz CT molecular complexity index is 547. The second kappa shape index (κ2) is 5.63. The van der Waals surface area contributed by atoms with Crippen molar-refractivity contribution in [2.45, 2.75) is 26.7 Å². The van der Waals surface area contributed by atoms with E-state index in [4.69, 9.17) is 23.2 Å². The van der Waals surface area contributed by atoms with E-state index in [9.17, 15) is 0 Å². The molecule has 2 heterocycles. The van der Waals surface area contributed by atoms with Crippen LogP contribution in [-0.2, 0) is 12.8 Å². The van der Waals surface area contributed by atoms with Gasteiger partial charge in [-0.2, -0.15) is 0 Å². The maximum absolute atomic E-state index is 6.12. The summed E-state index contributed by atoms with van der Waals surface area (Å²) < 4.78 is 0. The molecule has 0 bridgehead atoms. The van der Waals surface area contributed by atoms with Crippen molar-refractivity contribution in [1.82, 2.24) is 15.0 Å². The minimum Gasteiger partial charge on any atom is -0.253 e. The van der Waals surface area contributed by atoms with Gasteiger partial charge in [0.05, 0.1) is 0 Å². The van der Waals surface area contributed by atoms with Gasteiger partial charge in [0.2, 0.25) is 0 Å². The largest absolute Gasteiger partial charge is 0.253 e. The maximum atomic E-state index is 6.12. The smallest absolute Gasteiger partial charge is 0.181 e. The van der Waals surface area contributed by atoms with Gasteiger partial charge in [0.15, 0.2) is 5.82 Å². The first-order valence-electron chi connectivity index (χ1n) is 5.83. The molecular weight excluding hydrogens is 269 g/mol. The van der Waals surface area contributed by atoms with Gasteiger partial charge < -0.3 is 0 Å². The summed E-state index contributed by atoms with van der Waals surface area (Å²) >= 11 is 12.2. The van der Waals surface area contributed by atoms with Crippen molar-refractivity contribution in [3.8, 4) is 11.5 Å². The first kappa shape index (κ1) is 13.2. The topological polar surface area (TPSA) is 38.7 Å². The lowest BCUT2D eigenvalue weighted by molar-refractivity contribution is 1.02. The van der Waals surface area contributed by atoms with Crippen molar-refractivity contribution in [2.24, 2.45) is 0 Å². The molecule has 0 amide bonds. The molecule has 2 aromatic rings. The van der Waals surface area contributed by atoms with E-state index in [1.807, 2.05) is 19.1 Å². The lowest BCUT2D eigenvalue weighted by atomic mass is 10.1. The fourth-order valence-corrected chi connectivity index (χ4v) is 2.41. The Balaban J connectivity index is 2.58. The third-order valence-electron chi connectivity index (χ3n) is 2.74. The maximum Gasteiger partial charge on any atom is 0.181 e. The fraction of sp³-hybridized carbons (Fsp3) is 0.308. The van der Waals surface area contributed by atoms with Crippen LogP contribution in [0.1, 0.15) is 25.0 Å². The fourth-order valence-electron chi connectivity index (χ4n) is 1.75. The summed E-state index contributed by atoms with van der Waals surface area (Å²) in [4.78, 5) is 12.9. The van der Waals surface area contributed by atoms with Crippen LogP contribution < -0.4 is 0 Å². The molecule has 2 rings (SSSR count). The van der Waals surface area contributed by atoms with Crippen molar-refractivity contribution in [3.63, 3.8) is 0 Å². The number of hydrogen-bond donors (Lipinski definition) is 0. The van der Waals surface area contributed by atoms with Gasteiger partial charge in [-0.15, -0.1) is 0 Å². The van der Waals surface area contributed by atoms with E-state index in [0.717, 1.165) is 23.2 Å². The third kappa shape index (κ3) is 2.47. The monoisotopic (exact) mass is 281 g/mol. The normalized spacial score (nSPS) is 10.7. The van der Waals surface area contributed by atoms with E-state index in [1.54, 1.807) is 6.20 Å². The number of nitrogens with zero attached hydrogens (tertiary/aromatic N) is 3. The highest BCUT2D eigenvalue weighted by atomic mass is 35.5. The third-order valence-corrected chi connectivity index (χ3v) is 3.37. The van der Waals surface area contributed by atoms with Crippen LogP contribution in [0.2, 0.25) is 10.3 Å². The van der Waals surface area contributed by atoms with Crippen LogP contribution in [0.5, 0.6) is 0 Å². The van der Waals surface area contributed by atoms with Gasteiger partial charge in [-0.25, -0.2) is 9.97 Å². The molecule has 0 aliphatic rings. The van der Waals surface area contributed by atoms with Gasteiger partial charge in [-0.3, -0.25) is 4.98 Å². The zero-order valence-corrected chi connectivity index (χ0v) is 11.8. The van der Waals surface area contributed by atoms with E-state index in [2.05, 4.69) is 21.9 Å². The molecule has 0 saturated heterocycles. The molecule has 0 aliphatic carbocycles. The molecule has 0 fully saturated rings. The van der Waals surface area contributed by atoms with Crippen LogP contribution in [-0.4, -0.2) is 15.0 Å². The van der Waals surface area contributed by atoms with Crippen molar-refractivity contribution >= 4 is 23.2 Å². The summed E-state index contributed by atoms with van der Waals surface area (Å²) in [5, 5.41) is 0.806. The summed E-state index contributed by atoms with van der Waals surface area (Å²) in [5.74, 6) is 0.486. The Kier molecular flexibility index (Phi) is 4.15. The number of aromatic nitrogens is 3. The summed E-state index contributed by atoms with van der Waals surface area (Å²) in [7, 11) is 0. The highest BCUT2D eigenvalue weighted by Gasteiger charge is 2.14. The van der Waals surface area contributed by atoms with Crippen LogP contribution in [0.25, 0.3) is 11.5 Å². The van der Waals surface area contributed by atoms with Gasteiger partial charge in [0.25, 0.3) is 0 Å². The van der Waals surface area contributed by atoms with Gasteiger partial charge in [0.1, 0.15) is 16.0 Å². The van der Waals surface area contributed by atoms with Crippen molar-refractivity contribution < 1.29 is 0 Å². The minimum absolute atomic E-state index is 0.403. The summed E-state index contributed by atoms with van der Waals surface area (Å²) in [5.41, 5.74) is 2.59. The van der Waals surface area contributed by atoms with Gasteiger partial charge in [0, 0.05) is 11.8 Å². The Hall–Kier alpha value is -1.19. The van der Waals surface area contributed by atoms with Crippen LogP contribution in [0.3, 0.4) is 0 Å². The van der Waals surface area contributed by atoms with E-state index in [0.29, 0.717) is 22.6 Å². The molecule has 0 saturated carbocycles. The van der Waals surface area contributed by atoms with Gasteiger partial charge >= 0.3 is 0 Å². The Morgan fingerprint density at radius 1 is 1.06 bits per heavy atom. The van der Waals surface area contributed by atoms with E-state index in [-0.39, 0.29) is 0 Å². The standard InChI is InChI=1S/C13H13Cl2N3/c1-3-8-6-5-7-16-10(8)13-17-11(14)9(4-2)12(15)18-13/h5-7H,3-4H2,1-2H3. The predicted molar refractivity (Wildman–Crippen MR) is 74.0 cm³/mol. The second-order valence-corrected chi connectivity index (χ2v) is 4.54. The van der Waals surface area contributed by atoms with Gasteiger partial charge in [-0.1, -0.05) is 43.1 Å². The molecule has 0 unspecified atom stereocenters. The SMILES string of the molecule is CCc1cccnc1-c1nc(Cl)c(CC)c(Cl)n1. The molecular formula is C13H13Cl2N3. The molecule has 0 N–H and O–H groups in total. The molecule has 0 aliphatic heterocycles. The van der Waals surface area contributed by atoms with E-state index in [1.165, 1.54) is 0 Å². The number of hydrogen-bond acceptors (Lipinski definition) is 3. The summed E-state index contributed by atoms with van der Waals surface area (Å²) in [6, 6.07) is 3.90. The number of rotatable bonds is 3. The number of halogens is 2. The minimum atomic E-state index is 0.403. The number of pyridine rings is 1. The molecule has 0 spiro atoms. The average molecular weight is 282 g/mol. The zero-order chi connectivity index (χ0) is 13.1. The van der Waals surface area contributed by atoms with Crippen LogP contribution in [0, 0.1) is 0 Å². The molecule has 3 nitrogen and oxygen atoms in total. The van der Waals surface area contributed by atoms with Gasteiger partial charge in [-0.05, 0) is 24.5 Å². The second-order valence-electron chi connectivity index (χ2n) is 3.83. The molecule has 18 heavy (non-hydrogen) atoms. The molecule has 0 aromatic carbocycles. The predicted octanol–water partition coefficient (Wildman–Crippen LogP) is 3.97. The molecule has 0 atom stereocenters. The quantitative estimate of drug-likeness (QED) is 0.799. The first-order chi connectivity index (χ1) is 8.67. The summed E-state index contributed by atoms with van der Waals surface area (Å²) in [6.07, 6.45) is 3.28. The van der Waals surface area contributed by atoms with Crippen LogP contribution in [0.4, 0.5) is 0 Å². The zero-order valence-electron chi connectivity index (χ0n) is 10.2. The Labute approximate surface area is 116 Å². The van der Waals surface area contributed by atoms with Crippen LogP contribution >= 0.6 is 23.2 Å². The molecule has 2 aromatic heterocycles. The van der Waals surface area contributed by atoms with E-state index >= 15 is 0 Å².